The SMILES string of the molecule is CN(Cc1nc(Cl)ccc1Cl)C1CCCC1CN. The van der Waals surface area contributed by atoms with Gasteiger partial charge in [-0.15, -0.1) is 0 Å². The molecule has 1 aliphatic rings. The molecule has 0 bridgehead atoms. The fraction of sp³-hybridized carbons (Fsp3) is 0.615. The molecule has 18 heavy (non-hydrogen) atoms. The van der Waals surface area contributed by atoms with Gasteiger partial charge in [0.2, 0.25) is 0 Å². The smallest absolute Gasteiger partial charge is 0.129 e. The van der Waals surface area contributed by atoms with Crippen LogP contribution in [-0.2, 0) is 6.54 Å². The van der Waals surface area contributed by atoms with E-state index < -0.39 is 0 Å². The molecule has 2 atom stereocenters. The second-order valence-corrected chi connectivity index (χ2v) is 5.77. The molecule has 1 fully saturated rings. The van der Waals surface area contributed by atoms with Crippen LogP contribution < -0.4 is 5.73 Å². The summed E-state index contributed by atoms with van der Waals surface area (Å²) in [5.74, 6) is 0.591. The minimum absolute atomic E-state index is 0.490. The van der Waals surface area contributed by atoms with E-state index in [1.807, 2.05) is 0 Å². The highest BCUT2D eigenvalue weighted by atomic mass is 35.5. The van der Waals surface area contributed by atoms with Crippen LogP contribution in [0.15, 0.2) is 12.1 Å². The van der Waals surface area contributed by atoms with Crippen LogP contribution in [0.2, 0.25) is 10.2 Å². The van der Waals surface area contributed by atoms with Gasteiger partial charge < -0.3 is 5.73 Å². The summed E-state index contributed by atoms with van der Waals surface area (Å²) in [6, 6.07) is 4.05. The Morgan fingerprint density at radius 1 is 1.39 bits per heavy atom. The summed E-state index contributed by atoms with van der Waals surface area (Å²) in [6.07, 6.45) is 3.69. The third-order valence-electron chi connectivity index (χ3n) is 3.77. The maximum Gasteiger partial charge on any atom is 0.129 e. The van der Waals surface area contributed by atoms with E-state index in [1.54, 1.807) is 12.1 Å². The van der Waals surface area contributed by atoms with Gasteiger partial charge in [-0.3, -0.25) is 4.90 Å². The third-order valence-corrected chi connectivity index (χ3v) is 4.33. The molecule has 2 unspecified atom stereocenters. The number of nitrogens with zero attached hydrogens (tertiary/aromatic N) is 2. The summed E-state index contributed by atoms with van der Waals surface area (Å²) in [4.78, 5) is 6.60. The fourth-order valence-electron chi connectivity index (χ4n) is 2.79. The number of hydrogen-bond acceptors (Lipinski definition) is 3. The van der Waals surface area contributed by atoms with E-state index in [-0.39, 0.29) is 0 Å². The van der Waals surface area contributed by atoms with Crippen molar-refractivity contribution in [1.82, 2.24) is 9.88 Å². The molecule has 2 rings (SSSR count). The van der Waals surface area contributed by atoms with Crippen LogP contribution in [-0.4, -0.2) is 29.5 Å². The van der Waals surface area contributed by atoms with Crippen molar-refractivity contribution in [2.45, 2.75) is 31.8 Å². The van der Waals surface area contributed by atoms with Crippen molar-refractivity contribution in [1.29, 1.82) is 0 Å². The van der Waals surface area contributed by atoms with E-state index in [9.17, 15) is 0 Å². The zero-order valence-electron chi connectivity index (χ0n) is 10.6. The Morgan fingerprint density at radius 3 is 2.89 bits per heavy atom. The van der Waals surface area contributed by atoms with Gasteiger partial charge in [-0.25, -0.2) is 4.98 Å². The lowest BCUT2D eigenvalue weighted by atomic mass is 10.0. The monoisotopic (exact) mass is 287 g/mol. The molecule has 1 aliphatic carbocycles. The molecule has 0 spiro atoms. The van der Waals surface area contributed by atoms with Crippen LogP contribution >= 0.6 is 23.2 Å². The number of pyridine rings is 1. The van der Waals surface area contributed by atoms with Crippen LogP contribution in [0, 0.1) is 5.92 Å². The summed E-state index contributed by atoms with van der Waals surface area (Å²) in [7, 11) is 2.11. The summed E-state index contributed by atoms with van der Waals surface area (Å²) >= 11 is 12.1. The van der Waals surface area contributed by atoms with E-state index in [0.29, 0.717) is 22.1 Å². The molecule has 3 nitrogen and oxygen atoms in total. The summed E-state index contributed by atoms with van der Waals surface area (Å²) in [6.45, 7) is 1.48. The Hall–Kier alpha value is -0.350. The lowest BCUT2D eigenvalue weighted by Gasteiger charge is -2.29. The van der Waals surface area contributed by atoms with E-state index >= 15 is 0 Å². The molecule has 0 amide bonds. The van der Waals surface area contributed by atoms with Gasteiger partial charge in [-0.05, 0) is 44.5 Å². The topological polar surface area (TPSA) is 42.2 Å². The van der Waals surface area contributed by atoms with Crippen molar-refractivity contribution in [2.75, 3.05) is 13.6 Å². The molecule has 1 heterocycles. The molecule has 0 aliphatic heterocycles. The number of nitrogens with two attached hydrogens (primary N) is 1. The molecular formula is C13H19Cl2N3. The van der Waals surface area contributed by atoms with Crippen LogP contribution in [0.4, 0.5) is 0 Å². The van der Waals surface area contributed by atoms with Crippen LogP contribution in [0.3, 0.4) is 0 Å². The fourth-order valence-corrected chi connectivity index (χ4v) is 3.12. The maximum atomic E-state index is 6.14. The number of hydrogen-bond donors (Lipinski definition) is 1. The van der Waals surface area contributed by atoms with E-state index in [0.717, 1.165) is 18.8 Å². The average molecular weight is 288 g/mol. The molecule has 1 aromatic rings. The molecule has 0 saturated heterocycles. The van der Waals surface area contributed by atoms with Gasteiger partial charge in [0.25, 0.3) is 0 Å². The zero-order chi connectivity index (χ0) is 13.1. The van der Waals surface area contributed by atoms with Crippen molar-refractivity contribution in [2.24, 2.45) is 11.7 Å². The number of aromatic nitrogens is 1. The Kier molecular flexibility index (Phi) is 4.84. The van der Waals surface area contributed by atoms with Crippen LogP contribution in [0.1, 0.15) is 25.0 Å². The predicted octanol–water partition coefficient (Wildman–Crippen LogP) is 2.95. The first kappa shape index (κ1) is 14.1. The highest BCUT2D eigenvalue weighted by Gasteiger charge is 2.29. The summed E-state index contributed by atoms with van der Waals surface area (Å²) < 4.78 is 0. The van der Waals surface area contributed by atoms with Crippen molar-refractivity contribution in [3.8, 4) is 0 Å². The van der Waals surface area contributed by atoms with Crippen LogP contribution in [0.25, 0.3) is 0 Å². The van der Waals surface area contributed by atoms with Crippen molar-refractivity contribution in [3.05, 3.63) is 28.0 Å². The Morgan fingerprint density at radius 2 is 2.17 bits per heavy atom. The molecule has 5 heteroatoms. The second kappa shape index (κ2) is 6.20. The Labute approximate surface area is 118 Å². The van der Waals surface area contributed by atoms with Gasteiger partial charge in [0, 0.05) is 12.6 Å². The highest BCUT2D eigenvalue weighted by Crippen LogP contribution is 2.30. The largest absolute Gasteiger partial charge is 0.330 e. The predicted molar refractivity (Wildman–Crippen MR) is 75.9 cm³/mol. The third kappa shape index (κ3) is 3.15. The zero-order valence-corrected chi connectivity index (χ0v) is 12.1. The number of rotatable bonds is 4. The standard InChI is InChI=1S/C13H19Cl2N3/c1-18(12-4-2-3-9(12)7-16)8-11-10(14)5-6-13(15)17-11/h5-6,9,12H,2-4,7-8,16H2,1H3. The van der Waals surface area contributed by atoms with Crippen molar-refractivity contribution in [3.63, 3.8) is 0 Å². The normalized spacial score (nSPS) is 23.8. The molecule has 0 aromatic carbocycles. The maximum absolute atomic E-state index is 6.14. The molecule has 1 saturated carbocycles. The second-order valence-electron chi connectivity index (χ2n) is 4.97. The first-order valence-corrected chi connectivity index (χ1v) is 7.08. The molecule has 100 valence electrons. The molecule has 1 aromatic heterocycles. The first-order chi connectivity index (χ1) is 8.61. The molecular weight excluding hydrogens is 269 g/mol. The molecule has 0 radical (unpaired) electrons. The van der Waals surface area contributed by atoms with Gasteiger partial charge in [0.05, 0.1) is 10.7 Å². The number of halogens is 2. The van der Waals surface area contributed by atoms with Gasteiger partial charge in [-0.2, -0.15) is 0 Å². The van der Waals surface area contributed by atoms with E-state index in [1.165, 1.54) is 19.3 Å². The van der Waals surface area contributed by atoms with Gasteiger partial charge in [0.1, 0.15) is 5.15 Å². The van der Waals surface area contributed by atoms with Gasteiger partial charge in [0.15, 0.2) is 0 Å². The van der Waals surface area contributed by atoms with Gasteiger partial charge in [-0.1, -0.05) is 29.6 Å². The van der Waals surface area contributed by atoms with E-state index in [2.05, 4.69) is 16.9 Å². The lowest BCUT2D eigenvalue weighted by molar-refractivity contribution is 0.191. The first-order valence-electron chi connectivity index (χ1n) is 6.33. The Bertz CT molecular complexity index is 411. The van der Waals surface area contributed by atoms with Crippen molar-refractivity contribution >= 4 is 23.2 Å². The summed E-state index contributed by atoms with van der Waals surface area (Å²) in [5.41, 5.74) is 6.66. The minimum atomic E-state index is 0.490. The van der Waals surface area contributed by atoms with Crippen LogP contribution in [0.5, 0.6) is 0 Å². The summed E-state index contributed by atoms with van der Waals surface area (Å²) in [5, 5.41) is 1.16. The quantitative estimate of drug-likeness (QED) is 0.866. The van der Waals surface area contributed by atoms with E-state index in [4.69, 9.17) is 28.9 Å². The average Bonchev–Trinajstić information content (AvgIpc) is 2.82. The lowest BCUT2D eigenvalue weighted by Crippen LogP contribution is -2.37. The highest BCUT2D eigenvalue weighted by molar-refractivity contribution is 6.32. The van der Waals surface area contributed by atoms with Crippen molar-refractivity contribution < 1.29 is 0 Å². The molecule has 2 N–H and O–H groups in total. The van der Waals surface area contributed by atoms with Gasteiger partial charge >= 0.3 is 0 Å². The minimum Gasteiger partial charge on any atom is -0.330 e. The Balaban J connectivity index is 2.06.